The molecule has 0 fully saturated rings. The lowest BCUT2D eigenvalue weighted by molar-refractivity contribution is 0.977. The van der Waals surface area contributed by atoms with Crippen molar-refractivity contribution in [2.24, 2.45) is 11.5 Å². The fraction of sp³-hybridized carbons (Fsp3) is 0.250. The molecule has 1 rings (SSSR count). The van der Waals surface area contributed by atoms with Crippen molar-refractivity contribution in [3.05, 3.63) is 32.9 Å². The number of halogens is 1. The molecule has 0 heterocycles. The maximum atomic E-state index is 5.54. The van der Waals surface area contributed by atoms with Crippen LogP contribution in [0.2, 0.25) is 0 Å². The minimum Gasteiger partial charge on any atom is -0.326 e. The summed E-state index contributed by atoms with van der Waals surface area (Å²) in [5.41, 5.74) is 13.4. The highest BCUT2D eigenvalue weighted by atomic mass is 127. The number of hydrogen-bond donors (Lipinski definition) is 2. The molecule has 0 aliphatic rings. The lowest BCUT2D eigenvalue weighted by Crippen LogP contribution is -2.05. The van der Waals surface area contributed by atoms with Crippen molar-refractivity contribution in [1.29, 1.82) is 0 Å². The zero-order chi connectivity index (χ0) is 8.27. The van der Waals surface area contributed by atoms with Gasteiger partial charge in [-0.2, -0.15) is 0 Å². The van der Waals surface area contributed by atoms with Crippen molar-refractivity contribution in [3.8, 4) is 0 Å². The maximum Gasteiger partial charge on any atom is 0.0181 e. The molecule has 0 bridgehead atoms. The first kappa shape index (κ1) is 8.96. The molecule has 0 radical (unpaired) electrons. The Morgan fingerprint density at radius 2 is 1.73 bits per heavy atom. The van der Waals surface area contributed by atoms with Crippen LogP contribution in [0.15, 0.2) is 18.2 Å². The van der Waals surface area contributed by atoms with Crippen molar-refractivity contribution in [2.45, 2.75) is 13.1 Å². The van der Waals surface area contributed by atoms with E-state index in [9.17, 15) is 0 Å². The number of benzene rings is 1. The molecule has 0 saturated carbocycles. The molecule has 11 heavy (non-hydrogen) atoms. The third kappa shape index (κ3) is 2.15. The molecule has 2 nitrogen and oxygen atoms in total. The van der Waals surface area contributed by atoms with Crippen LogP contribution in [-0.2, 0) is 13.1 Å². The normalized spacial score (nSPS) is 10.1. The Labute approximate surface area is 80.1 Å². The van der Waals surface area contributed by atoms with Gasteiger partial charge < -0.3 is 11.5 Å². The van der Waals surface area contributed by atoms with Crippen LogP contribution in [0.1, 0.15) is 11.1 Å². The third-order valence-electron chi connectivity index (χ3n) is 1.61. The Bertz CT molecular complexity index is 248. The summed E-state index contributed by atoms with van der Waals surface area (Å²) in [6.07, 6.45) is 0. The highest BCUT2D eigenvalue weighted by molar-refractivity contribution is 14.1. The smallest absolute Gasteiger partial charge is 0.0181 e. The van der Waals surface area contributed by atoms with Crippen molar-refractivity contribution in [1.82, 2.24) is 0 Å². The summed E-state index contributed by atoms with van der Waals surface area (Å²) in [5.74, 6) is 0. The molecule has 0 saturated heterocycles. The molecular weight excluding hydrogens is 251 g/mol. The van der Waals surface area contributed by atoms with Gasteiger partial charge in [0, 0.05) is 16.7 Å². The fourth-order valence-electron chi connectivity index (χ4n) is 0.984. The minimum absolute atomic E-state index is 0.573. The predicted octanol–water partition coefficient (Wildman–Crippen LogP) is 1.21. The van der Waals surface area contributed by atoms with E-state index in [1.807, 2.05) is 12.1 Å². The van der Waals surface area contributed by atoms with Gasteiger partial charge in [-0.1, -0.05) is 6.07 Å². The van der Waals surface area contributed by atoms with Crippen molar-refractivity contribution in [3.63, 3.8) is 0 Å². The average Bonchev–Trinajstić information content (AvgIpc) is 2.04. The summed E-state index contributed by atoms with van der Waals surface area (Å²) >= 11 is 2.27. The summed E-state index contributed by atoms with van der Waals surface area (Å²) < 4.78 is 1.21. The fourth-order valence-corrected chi connectivity index (χ4v) is 1.54. The van der Waals surface area contributed by atoms with Crippen LogP contribution in [0.25, 0.3) is 0 Å². The van der Waals surface area contributed by atoms with Gasteiger partial charge in [0.15, 0.2) is 0 Å². The summed E-state index contributed by atoms with van der Waals surface area (Å²) in [5, 5.41) is 0. The molecule has 1 aromatic carbocycles. The van der Waals surface area contributed by atoms with Crippen LogP contribution >= 0.6 is 22.6 Å². The molecule has 0 aliphatic heterocycles. The first-order valence-electron chi connectivity index (χ1n) is 3.45. The Morgan fingerprint density at radius 3 is 2.27 bits per heavy atom. The van der Waals surface area contributed by atoms with E-state index >= 15 is 0 Å². The molecule has 1 aromatic rings. The zero-order valence-corrected chi connectivity index (χ0v) is 8.34. The number of rotatable bonds is 2. The SMILES string of the molecule is NCc1ccc(I)cc1CN. The molecule has 0 amide bonds. The third-order valence-corrected chi connectivity index (χ3v) is 2.28. The molecule has 0 atom stereocenters. The van der Waals surface area contributed by atoms with E-state index in [1.165, 1.54) is 3.57 Å². The minimum atomic E-state index is 0.573. The first-order chi connectivity index (χ1) is 5.27. The average molecular weight is 262 g/mol. The van der Waals surface area contributed by atoms with Gasteiger partial charge in [0.05, 0.1) is 0 Å². The van der Waals surface area contributed by atoms with Gasteiger partial charge in [-0.05, 0) is 45.9 Å². The van der Waals surface area contributed by atoms with E-state index in [1.54, 1.807) is 0 Å². The number of hydrogen-bond acceptors (Lipinski definition) is 2. The van der Waals surface area contributed by atoms with E-state index in [4.69, 9.17) is 11.5 Å². The van der Waals surface area contributed by atoms with Crippen molar-refractivity contribution >= 4 is 22.6 Å². The highest BCUT2D eigenvalue weighted by Crippen LogP contribution is 2.12. The predicted molar refractivity (Wildman–Crippen MR) is 54.9 cm³/mol. The first-order valence-corrected chi connectivity index (χ1v) is 4.53. The molecule has 0 unspecified atom stereocenters. The standard InChI is InChI=1S/C8H11IN2/c9-8-2-1-6(4-10)7(3-8)5-11/h1-3H,4-5,10-11H2. The van der Waals surface area contributed by atoms with E-state index in [2.05, 4.69) is 28.7 Å². The van der Waals surface area contributed by atoms with Crippen LogP contribution in [0.5, 0.6) is 0 Å². The van der Waals surface area contributed by atoms with Crippen LogP contribution in [-0.4, -0.2) is 0 Å². The summed E-state index contributed by atoms with van der Waals surface area (Å²) in [7, 11) is 0. The Balaban J connectivity index is 3.06. The second-order valence-corrected chi connectivity index (χ2v) is 3.57. The van der Waals surface area contributed by atoms with Crippen molar-refractivity contribution in [2.75, 3.05) is 0 Å². The van der Waals surface area contributed by atoms with E-state index in [-0.39, 0.29) is 0 Å². The topological polar surface area (TPSA) is 52.0 Å². The van der Waals surface area contributed by atoms with Crippen LogP contribution < -0.4 is 11.5 Å². The van der Waals surface area contributed by atoms with Gasteiger partial charge in [-0.3, -0.25) is 0 Å². The maximum absolute atomic E-state index is 5.54. The van der Waals surface area contributed by atoms with Crippen LogP contribution in [0.3, 0.4) is 0 Å². The van der Waals surface area contributed by atoms with Gasteiger partial charge in [0.1, 0.15) is 0 Å². The van der Waals surface area contributed by atoms with E-state index < -0.39 is 0 Å². The van der Waals surface area contributed by atoms with Gasteiger partial charge in [-0.25, -0.2) is 0 Å². The largest absolute Gasteiger partial charge is 0.326 e. The monoisotopic (exact) mass is 262 g/mol. The lowest BCUT2D eigenvalue weighted by atomic mass is 10.1. The van der Waals surface area contributed by atoms with E-state index in [0.29, 0.717) is 13.1 Å². The van der Waals surface area contributed by atoms with Crippen LogP contribution in [0, 0.1) is 3.57 Å². The lowest BCUT2D eigenvalue weighted by Gasteiger charge is -2.04. The summed E-state index contributed by atoms with van der Waals surface area (Å²) in [4.78, 5) is 0. The zero-order valence-electron chi connectivity index (χ0n) is 6.18. The van der Waals surface area contributed by atoms with Gasteiger partial charge >= 0.3 is 0 Å². The van der Waals surface area contributed by atoms with Crippen molar-refractivity contribution < 1.29 is 0 Å². The molecule has 3 heteroatoms. The van der Waals surface area contributed by atoms with Crippen LogP contribution in [0.4, 0.5) is 0 Å². The molecule has 0 aliphatic carbocycles. The highest BCUT2D eigenvalue weighted by Gasteiger charge is 1.98. The Kier molecular flexibility index (Phi) is 3.29. The van der Waals surface area contributed by atoms with Gasteiger partial charge in [0.2, 0.25) is 0 Å². The molecular formula is C8H11IN2. The number of nitrogens with two attached hydrogens (primary N) is 2. The Morgan fingerprint density at radius 1 is 1.09 bits per heavy atom. The second-order valence-electron chi connectivity index (χ2n) is 2.32. The van der Waals surface area contributed by atoms with Gasteiger partial charge in [0.25, 0.3) is 0 Å². The molecule has 0 spiro atoms. The molecule has 60 valence electrons. The van der Waals surface area contributed by atoms with Gasteiger partial charge in [-0.15, -0.1) is 0 Å². The quantitative estimate of drug-likeness (QED) is 0.787. The summed E-state index contributed by atoms with van der Waals surface area (Å²) in [6, 6.07) is 6.15. The van der Waals surface area contributed by atoms with E-state index in [0.717, 1.165) is 11.1 Å². The summed E-state index contributed by atoms with van der Waals surface area (Å²) in [6.45, 7) is 1.15. The molecule has 4 N–H and O–H groups in total. The Hall–Kier alpha value is -0.130. The second kappa shape index (κ2) is 4.04. The molecule has 0 aromatic heterocycles.